The first-order chi connectivity index (χ1) is 9.81. The summed E-state index contributed by atoms with van der Waals surface area (Å²) in [5.41, 5.74) is 2.36. The van der Waals surface area contributed by atoms with Crippen LogP contribution in [-0.2, 0) is 11.8 Å². The molecule has 2 aromatic carbocycles. The summed E-state index contributed by atoms with van der Waals surface area (Å²) in [6.45, 7) is 1.33. The predicted octanol–water partition coefficient (Wildman–Crippen LogP) is 2.96. The van der Waals surface area contributed by atoms with Gasteiger partial charge in [0.1, 0.15) is 30.5 Å². The zero-order valence-electron chi connectivity index (χ0n) is 11.4. The zero-order chi connectivity index (χ0) is 13.6. The van der Waals surface area contributed by atoms with Gasteiger partial charge in [0.25, 0.3) is 0 Å². The Morgan fingerprint density at radius 3 is 2.65 bits per heavy atom. The van der Waals surface area contributed by atoms with Gasteiger partial charge in [-0.2, -0.15) is 0 Å². The number of methoxy groups -OCH3 is 1. The molecule has 0 saturated heterocycles. The summed E-state index contributed by atoms with van der Waals surface area (Å²) in [5.74, 6) is 2.82. The van der Waals surface area contributed by atoms with E-state index < -0.39 is 0 Å². The van der Waals surface area contributed by atoms with E-state index in [2.05, 4.69) is 18.2 Å². The molecule has 1 spiro atoms. The summed E-state index contributed by atoms with van der Waals surface area (Å²) in [4.78, 5) is 0. The van der Waals surface area contributed by atoms with E-state index >= 15 is 0 Å². The van der Waals surface area contributed by atoms with Crippen molar-refractivity contribution in [2.24, 2.45) is 0 Å². The van der Waals surface area contributed by atoms with Crippen molar-refractivity contribution in [3.8, 4) is 17.2 Å². The van der Waals surface area contributed by atoms with Gasteiger partial charge in [-0.15, -0.1) is 0 Å². The lowest BCUT2D eigenvalue weighted by molar-refractivity contribution is 0.154. The summed E-state index contributed by atoms with van der Waals surface area (Å²) in [6, 6.07) is 14.2. The minimum Gasteiger partial charge on any atom is -0.497 e. The first kappa shape index (κ1) is 11.6. The van der Waals surface area contributed by atoms with Crippen molar-refractivity contribution in [1.29, 1.82) is 0 Å². The minimum atomic E-state index is -0.0851. The third-order valence-corrected chi connectivity index (χ3v) is 4.27. The summed E-state index contributed by atoms with van der Waals surface area (Å²) in [5, 5.41) is 0. The Morgan fingerprint density at radius 2 is 1.80 bits per heavy atom. The average Bonchev–Trinajstić information content (AvgIpc) is 2.85. The molecular weight excluding hydrogens is 252 g/mol. The fourth-order valence-corrected chi connectivity index (χ4v) is 3.16. The Balaban J connectivity index is 1.79. The van der Waals surface area contributed by atoms with Crippen molar-refractivity contribution in [2.45, 2.75) is 11.8 Å². The lowest BCUT2D eigenvalue weighted by Crippen LogP contribution is -2.40. The molecule has 0 fully saturated rings. The molecule has 3 nitrogen and oxygen atoms in total. The predicted molar refractivity (Wildman–Crippen MR) is 75.8 cm³/mol. The highest BCUT2D eigenvalue weighted by Crippen LogP contribution is 2.46. The lowest BCUT2D eigenvalue weighted by atomic mass is 9.76. The molecule has 2 heterocycles. The highest BCUT2D eigenvalue weighted by atomic mass is 16.5. The molecule has 0 aliphatic carbocycles. The third kappa shape index (κ3) is 1.59. The Morgan fingerprint density at radius 1 is 1.00 bits per heavy atom. The standard InChI is InChI=1S/C17H16O3/c1-18-13-6-7-16-14(8-13)17(11-20-16)9-12-4-2-3-5-15(12)19-10-17/h2-8H,9-11H2,1H3. The summed E-state index contributed by atoms with van der Waals surface area (Å²) in [7, 11) is 1.69. The van der Waals surface area contributed by atoms with Crippen LogP contribution in [0.25, 0.3) is 0 Å². The van der Waals surface area contributed by atoms with Crippen LogP contribution in [0.3, 0.4) is 0 Å². The van der Waals surface area contributed by atoms with E-state index in [0.717, 1.165) is 23.7 Å². The molecule has 3 heteroatoms. The van der Waals surface area contributed by atoms with E-state index in [1.807, 2.05) is 24.3 Å². The number of fused-ring (bicyclic) bond motifs is 3. The van der Waals surface area contributed by atoms with Crippen LogP contribution in [0.2, 0.25) is 0 Å². The Hall–Kier alpha value is -2.16. The molecular formula is C17H16O3. The monoisotopic (exact) mass is 268 g/mol. The smallest absolute Gasteiger partial charge is 0.123 e. The number of rotatable bonds is 1. The Labute approximate surface area is 118 Å². The van der Waals surface area contributed by atoms with E-state index in [1.165, 1.54) is 11.1 Å². The van der Waals surface area contributed by atoms with Gasteiger partial charge in [0, 0.05) is 5.56 Å². The van der Waals surface area contributed by atoms with Gasteiger partial charge in [-0.3, -0.25) is 0 Å². The third-order valence-electron chi connectivity index (χ3n) is 4.27. The number of ether oxygens (including phenoxy) is 3. The molecule has 102 valence electrons. The largest absolute Gasteiger partial charge is 0.497 e. The second-order valence-corrected chi connectivity index (χ2v) is 5.50. The number of para-hydroxylation sites is 1. The SMILES string of the molecule is COc1ccc2c(c1)C1(COc3ccccc3C1)CO2. The van der Waals surface area contributed by atoms with Gasteiger partial charge < -0.3 is 14.2 Å². The van der Waals surface area contributed by atoms with Crippen LogP contribution < -0.4 is 14.2 Å². The second-order valence-electron chi connectivity index (χ2n) is 5.50. The topological polar surface area (TPSA) is 27.7 Å². The maximum atomic E-state index is 5.97. The van der Waals surface area contributed by atoms with E-state index in [0.29, 0.717) is 13.2 Å². The molecule has 0 bridgehead atoms. The van der Waals surface area contributed by atoms with Crippen LogP contribution in [0.4, 0.5) is 0 Å². The fraction of sp³-hybridized carbons (Fsp3) is 0.294. The number of hydrogen-bond donors (Lipinski definition) is 0. The maximum Gasteiger partial charge on any atom is 0.123 e. The summed E-state index contributed by atoms with van der Waals surface area (Å²) >= 11 is 0. The van der Waals surface area contributed by atoms with Gasteiger partial charge in [-0.05, 0) is 36.2 Å². The molecule has 1 atom stereocenters. The quantitative estimate of drug-likeness (QED) is 0.796. The molecule has 0 amide bonds. The van der Waals surface area contributed by atoms with Crippen molar-refractivity contribution in [3.05, 3.63) is 53.6 Å². The Bertz CT molecular complexity index is 665. The summed E-state index contributed by atoms with van der Waals surface area (Å²) < 4.78 is 17.2. The second kappa shape index (κ2) is 4.17. The fourth-order valence-electron chi connectivity index (χ4n) is 3.16. The van der Waals surface area contributed by atoms with E-state index in [1.54, 1.807) is 7.11 Å². The van der Waals surface area contributed by atoms with Gasteiger partial charge in [0.05, 0.1) is 12.5 Å². The van der Waals surface area contributed by atoms with Gasteiger partial charge in [-0.1, -0.05) is 18.2 Å². The highest BCUT2D eigenvalue weighted by Gasteiger charge is 2.44. The van der Waals surface area contributed by atoms with Crippen molar-refractivity contribution >= 4 is 0 Å². The Kier molecular flexibility index (Phi) is 2.43. The molecule has 0 saturated carbocycles. The number of hydrogen-bond acceptors (Lipinski definition) is 3. The first-order valence-corrected chi connectivity index (χ1v) is 6.83. The summed E-state index contributed by atoms with van der Waals surface area (Å²) in [6.07, 6.45) is 0.948. The molecule has 0 N–H and O–H groups in total. The van der Waals surface area contributed by atoms with E-state index in [4.69, 9.17) is 14.2 Å². The molecule has 2 aliphatic heterocycles. The van der Waals surface area contributed by atoms with Crippen LogP contribution in [0.5, 0.6) is 17.2 Å². The van der Waals surface area contributed by atoms with Crippen LogP contribution in [0.1, 0.15) is 11.1 Å². The van der Waals surface area contributed by atoms with E-state index in [-0.39, 0.29) is 5.41 Å². The molecule has 2 aromatic rings. The molecule has 4 rings (SSSR count). The van der Waals surface area contributed by atoms with Gasteiger partial charge in [0.15, 0.2) is 0 Å². The zero-order valence-corrected chi connectivity index (χ0v) is 11.4. The van der Waals surface area contributed by atoms with Crippen molar-refractivity contribution in [1.82, 2.24) is 0 Å². The van der Waals surface area contributed by atoms with Crippen LogP contribution in [0.15, 0.2) is 42.5 Å². The molecule has 2 aliphatic rings. The lowest BCUT2D eigenvalue weighted by Gasteiger charge is -2.33. The van der Waals surface area contributed by atoms with E-state index in [9.17, 15) is 0 Å². The van der Waals surface area contributed by atoms with Crippen LogP contribution in [-0.4, -0.2) is 20.3 Å². The highest BCUT2D eigenvalue weighted by molar-refractivity contribution is 5.51. The van der Waals surface area contributed by atoms with Crippen LogP contribution in [0, 0.1) is 0 Å². The molecule has 1 unspecified atom stereocenters. The first-order valence-electron chi connectivity index (χ1n) is 6.83. The van der Waals surface area contributed by atoms with Gasteiger partial charge in [-0.25, -0.2) is 0 Å². The minimum absolute atomic E-state index is 0.0851. The maximum absolute atomic E-state index is 5.97. The molecule has 20 heavy (non-hydrogen) atoms. The van der Waals surface area contributed by atoms with Crippen molar-refractivity contribution in [2.75, 3.05) is 20.3 Å². The number of benzene rings is 2. The molecule has 0 radical (unpaired) electrons. The molecule has 0 aromatic heterocycles. The van der Waals surface area contributed by atoms with Crippen molar-refractivity contribution in [3.63, 3.8) is 0 Å². The average molecular weight is 268 g/mol. The normalized spacial score (nSPS) is 22.6. The van der Waals surface area contributed by atoms with Crippen molar-refractivity contribution < 1.29 is 14.2 Å². The van der Waals surface area contributed by atoms with Crippen LogP contribution >= 0.6 is 0 Å². The van der Waals surface area contributed by atoms with Gasteiger partial charge >= 0.3 is 0 Å². The van der Waals surface area contributed by atoms with Gasteiger partial charge in [0.2, 0.25) is 0 Å².